The van der Waals surface area contributed by atoms with Crippen molar-refractivity contribution in [1.82, 2.24) is 9.47 Å². The number of carboxylic acids is 1. The van der Waals surface area contributed by atoms with Gasteiger partial charge in [0.15, 0.2) is 0 Å². The summed E-state index contributed by atoms with van der Waals surface area (Å²) in [5.41, 5.74) is 2.33. The zero-order chi connectivity index (χ0) is 15.4. The summed E-state index contributed by atoms with van der Waals surface area (Å²) in [5, 5.41) is 9.03. The average Bonchev–Trinajstić information content (AvgIpc) is 2.89. The smallest absolute Gasteiger partial charge is 0.352 e. The first-order valence-electron chi connectivity index (χ1n) is 6.66. The Hall–Kier alpha value is -2.56. The van der Waals surface area contributed by atoms with Crippen LogP contribution >= 0.6 is 0 Å². The Morgan fingerprint density at radius 2 is 1.90 bits per heavy atom. The predicted octanol–water partition coefficient (Wildman–Crippen LogP) is 2.15. The van der Waals surface area contributed by atoms with Gasteiger partial charge >= 0.3 is 5.97 Å². The Labute approximate surface area is 123 Å². The van der Waals surface area contributed by atoms with Crippen LogP contribution in [-0.2, 0) is 17.9 Å². The van der Waals surface area contributed by atoms with Gasteiger partial charge in [0.05, 0.1) is 0 Å². The van der Waals surface area contributed by atoms with E-state index in [1.165, 1.54) is 10.6 Å². The summed E-state index contributed by atoms with van der Waals surface area (Å²) in [7, 11) is 1.72. The van der Waals surface area contributed by atoms with E-state index < -0.39 is 5.97 Å². The molecule has 1 N–H and O–H groups in total. The average molecular weight is 286 g/mol. The Bertz CT molecular complexity index is 661. The van der Waals surface area contributed by atoms with E-state index >= 15 is 0 Å². The summed E-state index contributed by atoms with van der Waals surface area (Å²) in [6, 6.07) is 11.0. The predicted molar refractivity (Wildman–Crippen MR) is 79.0 cm³/mol. The molecule has 0 saturated carbocycles. The number of likely N-dealkylation sites (N-methyl/N-ethyl adjacent to an activating group) is 1. The van der Waals surface area contributed by atoms with Crippen molar-refractivity contribution in [3.8, 4) is 0 Å². The molecule has 0 spiro atoms. The molecular weight excluding hydrogens is 268 g/mol. The quantitative estimate of drug-likeness (QED) is 0.916. The number of aryl methyl sites for hydroxylation is 1. The van der Waals surface area contributed by atoms with E-state index in [9.17, 15) is 9.59 Å². The Morgan fingerprint density at radius 3 is 2.57 bits per heavy atom. The number of carbonyl (C=O) groups is 2. The lowest BCUT2D eigenvalue weighted by Gasteiger charge is -2.19. The maximum Gasteiger partial charge on any atom is 0.352 e. The van der Waals surface area contributed by atoms with Gasteiger partial charge in [-0.05, 0) is 30.2 Å². The fourth-order valence-electron chi connectivity index (χ4n) is 2.14. The molecule has 0 saturated heterocycles. The molecule has 5 nitrogen and oxygen atoms in total. The van der Waals surface area contributed by atoms with Gasteiger partial charge in [-0.25, -0.2) is 4.79 Å². The van der Waals surface area contributed by atoms with Gasteiger partial charge in [0.25, 0.3) is 0 Å². The van der Waals surface area contributed by atoms with Gasteiger partial charge in [0, 0.05) is 19.8 Å². The van der Waals surface area contributed by atoms with Crippen molar-refractivity contribution in [2.75, 3.05) is 7.05 Å². The second kappa shape index (κ2) is 6.26. The molecule has 2 rings (SSSR count). The number of aromatic carboxylic acids is 1. The van der Waals surface area contributed by atoms with Gasteiger partial charge in [0.1, 0.15) is 12.2 Å². The van der Waals surface area contributed by atoms with Crippen molar-refractivity contribution in [3.63, 3.8) is 0 Å². The van der Waals surface area contributed by atoms with Gasteiger partial charge < -0.3 is 14.6 Å². The topological polar surface area (TPSA) is 62.5 Å². The minimum absolute atomic E-state index is 0.0248. The monoisotopic (exact) mass is 286 g/mol. The number of nitrogens with zero attached hydrogens (tertiary/aromatic N) is 2. The fraction of sp³-hybridized carbons (Fsp3) is 0.250. The number of amides is 1. The molecule has 0 aliphatic rings. The Balaban J connectivity index is 2.05. The number of hydrogen-bond acceptors (Lipinski definition) is 2. The summed E-state index contributed by atoms with van der Waals surface area (Å²) in [6.45, 7) is 2.54. The third-order valence-corrected chi connectivity index (χ3v) is 3.45. The van der Waals surface area contributed by atoms with Gasteiger partial charge in [-0.3, -0.25) is 4.79 Å². The normalized spacial score (nSPS) is 10.4. The van der Waals surface area contributed by atoms with Crippen LogP contribution in [0.5, 0.6) is 0 Å². The zero-order valence-electron chi connectivity index (χ0n) is 12.1. The molecule has 0 aliphatic carbocycles. The van der Waals surface area contributed by atoms with E-state index in [0.717, 1.165) is 11.1 Å². The van der Waals surface area contributed by atoms with Crippen molar-refractivity contribution in [3.05, 3.63) is 59.4 Å². The first-order chi connectivity index (χ1) is 9.99. The van der Waals surface area contributed by atoms with Gasteiger partial charge in [-0.15, -0.1) is 0 Å². The Kier molecular flexibility index (Phi) is 4.42. The molecule has 2 aromatic rings. The molecule has 1 aromatic carbocycles. The molecule has 110 valence electrons. The standard InChI is InChI=1S/C16H18N2O3/c1-12-6-3-4-7-13(12)10-17(2)15(19)11-18-9-5-8-14(18)16(20)21/h3-9H,10-11H2,1-2H3,(H,20,21). The fourth-order valence-corrected chi connectivity index (χ4v) is 2.14. The molecule has 5 heteroatoms. The van der Waals surface area contributed by atoms with E-state index in [1.807, 2.05) is 31.2 Å². The molecule has 1 aromatic heterocycles. The number of carboxylic acid groups (broad SMARTS) is 1. The van der Waals surface area contributed by atoms with Crippen molar-refractivity contribution < 1.29 is 14.7 Å². The number of benzene rings is 1. The van der Waals surface area contributed by atoms with Crippen molar-refractivity contribution >= 4 is 11.9 Å². The minimum Gasteiger partial charge on any atom is -0.477 e. The molecule has 0 unspecified atom stereocenters. The largest absolute Gasteiger partial charge is 0.477 e. The van der Waals surface area contributed by atoms with Crippen LogP contribution in [0.4, 0.5) is 0 Å². The van der Waals surface area contributed by atoms with Crippen LogP contribution < -0.4 is 0 Å². The molecular formula is C16H18N2O3. The molecule has 0 bridgehead atoms. The van der Waals surface area contributed by atoms with Gasteiger partial charge in [0.2, 0.25) is 5.91 Å². The highest BCUT2D eigenvalue weighted by atomic mass is 16.4. The molecule has 21 heavy (non-hydrogen) atoms. The van der Waals surface area contributed by atoms with Crippen LogP contribution in [0.3, 0.4) is 0 Å². The Morgan fingerprint density at radius 1 is 1.19 bits per heavy atom. The maximum atomic E-state index is 12.2. The second-order valence-corrected chi connectivity index (χ2v) is 5.00. The van der Waals surface area contributed by atoms with Crippen LogP contribution in [0.25, 0.3) is 0 Å². The van der Waals surface area contributed by atoms with E-state index in [4.69, 9.17) is 5.11 Å². The lowest BCUT2D eigenvalue weighted by molar-refractivity contribution is -0.131. The van der Waals surface area contributed by atoms with Gasteiger partial charge in [-0.2, -0.15) is 0 Å². The summed E-state index contributed by atoms with van der Waals surface area (Å²) in [6.07, 6.45) is 1.60. The summed E-state index contributed by atoms with van der Waals surface area (Å²) >= 11 is 0. The lowest BCUT2D eigenvalue weighted by atomic mass is 10.1. The molecule has 0 radical (unpaired) electrons. The van der Waals surface area contributed by atoms with Crippen molar-refractivity contribution in [2.24, 2.45) is 0 Å². The van der Waals surface area contributed by atoms with Crippen LogP contribution in [0.15, 0.2) is 42.6 Å². The van der Waals surface area contributed by atoms with Crippen LogP contribution in [-0.4, -0.2) is 33.5 Å². The lowest BCUT2D eigenvalue weighted by Crippen LogP contribution is -2.30. The summed E-state index contributed by atoms with van der Waals surface area (Å²) in [5.74, 6) is -1.16. The number of hydrogen-bond donors (Lipinski definition) is 1. The third-order valence-electron chi connectivity index (χ3n) is 3.45. The SMILES string of the molecule is Cc1ccccc1CN(C)C(=O)Cn1cccc1C(=O)O. The van der Waals surface area contributed by atoms with E-state index in [2.05, 4.69) is 0 Å². The molecule has 1 amide bonds. The highest BCUT2D eigenvalue weighted by Gasteiger charge is 2.15. The van der Waals surface area contributed by atoms with Crippen LogP contribution in [0, 0.1) is 6.92 Å². The molecule has 1 heterocycles. The number of carbonyl (C=O) groups excluding carboxylic acids is 1. The maximum absolute atomic E-state index is 12.2. The molecule has 0 fully saturated rings. The van der Waals surface area contributed by atoms with E-state index in [-0.39, 0.29) is 18.1 Å². The van der Waals surface area contributed by atoms with Crippen LogP contribution in [0.1, 0.15) is 21.6 Å². The number of aromatic nitrogens is 1. The van der Waals surface area contributed by atoms with Crippen molar-refractivity contribution in [2.45, 2.75) is 20.0 Å². The summed E-state index contributed by atoms with van der Waals surface area (Å²) < 4.78 is 1.44. The van der Waals surface area contributed by atoms with Gasteiger partial charge in [-0.1, -0.05) is 24.3 Å². The highest BCUT2D eigenvalue weighted by Crippen LogP contribution is 2.10. The van der Waals surface area contributed by atoms with Crippen LogP contribution in [0.2, 0.25) is 0 Å². The van der Waals surface area contributed by atoms with E-state index in [1.54, 1.807) is 24.2 Å². The first kappa shape index (κ1) is 14.8. The van der Waals surface area contributed by atoms with E-state index in [0.29, 0.717) is 6.54 Å². The highest BCUT2D eigenvalue weighted by molar-refractivity contribution is 5.86. The first-order valence-corrected chi connectivity index (χ1v) is 6.66. The summed E-state index contributed by atoms with van der Waals surface area (Å²) in [4.78, 5) is 24.8. The number of rotatable bonds is 5. The second-order valence-electron chi connectivity index (χ2n) is 5.00. The third kappa shape index (κ3) is 3.51. The molecule has 0 aliphatic heterocycles. The van der Waals surface area contributed by atoms with Crippen molar-refractivity contribution in [1.29, 1.82) is 0 Å². The molecule has 0 atom stereocenters. The minimum atomic E-state index is -1.03. The zero-order valence-corrected chi connectivity index (χ0v) is 12.1.